The van der Waals surface area contributed by atoms with Crippen LogP contribution in [0.15, 0.2) is 60.7 Å². The third-order valence-corrected chi connectivity index (χ3v) is 4.61. The summed E-state index contributed by atoms with van der Waals surface area (Å²) in [6.45, 7) is 2.11. The van der Waals surface area contributed by atoms with Gasteiger partial charge in [0.2, 0.25) is 0 Å². The summed E-state index contributed by atoms with van der Waals surface area (Å²) >= 11 is 1.60. The van der Waals surface area contributed by atoms with E-state index in [0.29, 0.717) is 0 Å². The number of nitrogen functional groups attached to an aromatic ring is 1. The van der Waals surface area contributed by atoms with Crippen molar-refractivity contribution in [2.24, 2.45) is 0 Å². The number of rotatable bonds is 4. The van der Waals surface area contributed by atoms with Crippen LogP contribution >= 0.6 is 11.3 Å². The first kappa shape index (κ1) is 13.8. The standard InChI is InChI=1S/C18H18N2S/c1-2-15-20-17(18(19)21-15)16(13-9-5-3-6-10-13)14-11-7-4-8-12-14/h3-12,16H,2,19H2,1H3. The van der Waals surface area contributed by atoms with Crippen LogP contribution in [0.25, 0.3) is 0 Å². The summed E-state index contributed by atoms with van der Waals surface area (Å²) in [5, 5.41) is 1.92. The number of aromatic nitrogens is 1. The molecule has 106 valence electrons. The minimum Gasteiger partial charge on any atom is -0.389 e. The Balaban J connectivity index is 2.14. The van der Waals surface area contributed by atoms with E-state index in [9.17, 15) is 0 Å². The molecule has 0 amide bonds. The van der Waals surface area contributed by atoms with Crippen LogP contribution < -0.4 is 5.73 Å². The van der Waals surface area contributed by atoms with Gasteiger partial charge in [0.15, 0.2) is 0 Å². The molecule has 0 unspecified atom stereocenters. The van der Waals surface area contributed by atoms with E-state index >= 15 is 0 Å². The molecule has 2 aromatic carbocycles. The van der Waals surface area contributed by atoms with Gasteiger partial charge >= 0.3 is 0 Å². The van der Waals surface area contributed by atoms with Gasteiger partial charge in [-0.05, 0) is 17.5 Å². The van der Waals surface area contributed by atoms with E-state index in [0.717, 1.165) is 22.1 Å². The third kappa shape index (κ3) is 2.83. The lowest BCUT2D eigenvalue weighted by Crippen LogP contribution is -2.06. The summed E-state index contributed by atoms with van der Waals surface area (Å²) in [4.78, 5) is 4.77. The number of anilines is 1. The summed E-state index contributed by atoms with van der Waals surface area (Å²) in [5.41, 5.74) is 9.68. The highest BCUT2D eigenvalue weighted by molar-refractivity contribution is 7.15. The lowest BCUT2D eigenvalue weighted by Gasteiger charge is -2.17. The number of thiazole rings is 1. The van der Waals surface area contributed by atoms with Gasteiger partial charge in [-0.25, -0.2) is 4.98 Å². The molecule has 2 N–H and O–H groups in total. The number of benzene rings is 2. The van der Waals surface area contributed by atoms with Crippen LogP contribution in [-0.4, -0.2) is 4.98 Å². The first-order valence-electron chi connectivity index (χ1n) is 7.14. The maximum atomic E-state index is 6.25. The van der Waals surface area contributed by atoms with Crippen molar-refractivity contribution in [1.29, 1.82) is 0 Å². The number of nitrogens with two attached hydrogens (primary N) is 1. The highest BCUT2D eigenvalue weighted by Gasteiger charge is 2.22. The van der Waals surface area contributed by atoms with E-state index in [-0.39, 0.29) is 5.92 Å². The van der Waals surface area contributed by atoms with Crippen molar-refractivity contribution in [1.82, 2.24) is 4.98 Å². The van der Waals surface area contributed by atoms with Crippen molar-refractivity contribution in [3.05, 3.63) is 82.5 Å². The van der Waals surface area contributed by atoms with Gasteiger partial charge in [0, 0.05) is 0 Å². The van der Waals surface area contributed by atoms with Crippen molar-refractivity contribution in [3.8, 4) is 0 Å². The van der Waals surface area contributed by atoms with E-state index < -0.39 is 0 Å². The van der Waals surface area contributed by atoms with Crippen molar-refractivity contribution in [3.63, 3.8) is 0 Å². The molecule has 0 bridgehead atoms. The molecule has 0 radical (unpaired) electrons. The van der Waals surface area contributed by atoms with E-state index in [1.807, 2.05) is 12.1 Å². The predicted octanol–water partition coefficient (Wildman–Crippen LogP) is 4.47. The zero-order valence-electron chi connectivity index (χ0n) is 12.0. The third-order valence-electron chi connectivity index (χ3n) is 3.57. The van der Waals surface area contributed by atoms with Crippen molar-refractivity contribution in [2.45, 2.75) is 19.3 Å². The van der Waals surface area contributed by atoms with Gasteiger partial charge in [0.25, 0.3) is 0 Å². The number of aryl methyl sites for hydroxylation is 1. The molecule has 0 saturated heterocycles. The Hall–Kier alpha value is -2.13. The van der Waals surface area contributed by atoms with Gasteiger partial charge in [-0.15, -0.1) is 11.3 Å². The Morgan fingerprint density at radius 1 is 0.952 bits per heavy atom. The topological polar surface area (TPSA) is 38.9 Å². The van der Waals surface area contributed by atoms with Crippen LogP contribution in [0.3, 0.4) is 0 Å². The smallest absolute Gasteiger partial charge is 0.110 e. The normalized spacial score (nSPS) is 11.0. The first-order chi connectivity index (χ1) is 10.3. The summed E-state index contributed by atoms with van der Waals surface area (Å²) < 4.78 is 0. The Morgan fingerprint density at radius 2 is 1.48 bits per heavy atom. The fraction of sp³-hybridized carbons (Fsp3) is 0.167. The average molecular weight is 294 g/mol. The Morgan fingerprint density at radius 3 is 1.90 bits per heavy atom. The zero-order valence-corrected chi connectivity index (χ0v) is 12.8. The molecule has 21 heavy (non-hydrogen) atoms. The largest absolute Gasteiger partial charge is 0.389 e. The average Bonchev–Trinajstić information content (AvgIpc) is 2.91. The minimum absolute atomic E-state index is 0.101. The summed E-state index contributed by atoms with van der Waals surface area (Å²) in [6, 6.07) is 20.9. The second-order valence-electron chi connectivity index (χ2n) is 4.97. The molecule has 0 aliphatic heterocycles. The molecular formula is C18H18N2S. The summed E-state index contributed by atoms with van der Waals surface area (Å²) in [7, 11) is 0. The molecule has 1 aromatic heterocycles. The Bertz CT molecular complexity index is 665. The molecule has 3 aromatic rings. The van der Waals surface area contributed by atoms with Crippen LogP contribution in [-0.2, 0) is 6.42 Å². The fourth-order valence-electron chi connectivity index (χ4n) is 2.55. The maximum absolute atomic E-state index is 6.25. The molecule has 3 heteroatoms. The zero-order chi connectivity index (χ0) is 14.7. The molecule has 0 spiro atoms. The van der Waals surface area contributed by atoms with Crippen LogP contribution in [0, 0.1) is 0 Å². The molecule has 0 aliphatic carbocycles. The van der Waals surface area contributed by atoms with Crippen LogP contribution in [0.5, 0.6) is 0 Å². The Kier molecular flexibility index (Phi) is 4.02. The second kappa shape index (κ2) is 6.10. The summed E-state index contributed by atoms with van der Waals surface area (Å²) in [6.07, 6.45) is 0.922. The van der Waals surface area contributed by atoms with Gasteiger partial charge in [-0.2, -0.15) is 0 Å². The molecule has 1 heterocycles. The van der Waals surface area contributed by atoms with Gasteiger partial charge in [-0.1, -0.05) is 67.6 Å². The maximum Gasteiger partial charge on any atom is 0.110 e. The number of nitrogens with zero attached hydrogens (tertiary/aromatic N) is 1. The highest BCUT2D eigenvalue weighted by atomic mass is 32.1. The Labute approximate surface area is 129 Å². The van der Waals surface area contributed by atoms with Gasteiger partial charge in [-0.3, -0.25) is 0 Å². The molecule has 0 fully saturated rings. The van der Waals surface area contributed by atoms with E-state index in [1.165, 1.54) is 11.1 Å². The van der Waals surface area contributed by atoms with Crippen molar-refractivity contribution < 1.29 is 0 Å². The first-order valence-corrected chi connectivity index (χ1v) is 7.96. The molecule has 3 rings (SSSR count). The monoisotopic (exact) mass is 294 g/mol. The van der Waals surface area contributed by atoms with E-state index in [4.69, 9.17) is 10.7 Å². The van der Waals surface area contributed by atoms with Crippen molar-refractivity contribution in [2.75, 3.05) is 5.73 Å². The molecule has 0 saturated carbocycles. The quantitative estimate of drug-likeness (QED) is 0.771. The molecule has 0 atom stereocenters. The molecule has 0 aliphatic rings. The van der Waals surface area contributed by atoms with Crippen LogP contribution in [0.4, 0.5) is 5.00 Å². The predicted molar refractivity (Wildman–Crippen MR) is 89.7 cm³/mol. The SMILES string of the molecule is CCc1nc(C(c2ccccc2)c2ccccc2)c(N)s1. The number of hydrogen-bond acceptors (Lipinski definition) is 3. The van der Waals surface area contributed by atoms with Gasteiger partial charge < -0.3 is 5.73 Å². The lowest BCUT2D eigenvalue weighted by atomic mass is 9.89. The van der Waals surface area contributed by atoms with E-state index in [1.54, 1.807) is 11.3 Å². The molecule has 2 nitrogen and oxygen atoms in total. The summed E-state index contributed by atoms with van der Waals surface area (Å²) in [5.74, 6) is 0.101. The molecular weight excluding hydrogens is 276 g/mol. The second-order valence-corrected chi connectivity index (χ2v) is 6.08. The lowest BCUT2D eigenvalue weighted by molar-refractivity contribution is 0.916. The fourth-order valence-corrected chi connectivity index (χ4v) is 3.36. The van der Waals surface area contributed by atoms with Gasteiger partial charge in [0.1, 0.15) is 5.00 Å². The minimum atomic E-state index is 0.101. The van der Waals surface area contributed by atoms with Crippen LogP contribution in [0.1, 0.15) is 34.7 Å². The number of hydrogen-bond donors (Lipinski definition) is 1. The van der Waals surface area contributed by atoms with E-state index in [2.05, 4.69) is 55.5 Å². The van der Waals surface area contributed by atoms with Crippen LogP contribution in [0.2, 0.25) is 0 Å². The van der Waals surface area contributed by atoms with Crippen molar-refractivity contribution >= 4 is 16.3 Å². The van der Waals surface area contributed by atoms with Gasteiger partial charge in [0.05, 0.1) is 16.6 Å². The highest BCUT2D eigenvalue weighted by Crippen LogP contribution is 2.37.